The van der Waals surface area contributed by atoms with Crippen LogP contribution in [0.5, 0.6) is 11.5 Å². The van der Waals surface area contributed by atoms with Gasteiger partial charge in [-0.05, 0) is 72.7 Å². The summed E-state index contributed by atoms with van der Waals surface area (Å²) in [6.07, 6.45) is 4.27. The molecule has 0 aromatic heterocycles. The second-order valence-electron chi connectivity index (χ2n) is 13.7. The van der Waals surface area contributed by atoms with Crippen LogP contribution in [0.25, 0.3) is 0 Å². The van der Waals surface area contributed by atoms with Crippen molar-refractivity contribution in [3.05, 3.63) is 112 Å². The van der Waals surface area contributed by atoms with Gasteiger partial charge >= 0.3 is 5.97 Å². The van der Waals surface area contributed by atoms with Crippen LogP contribution in [0.4, 0.5) is 5.69 Å². The summed E-state index contributed by atoms with van der Waals surface area (Å²) in [6, 6.07) is 20.7. The van der Waals surface area contributed by atoms with Crippen LogP contribution in [0.2, 0.25) is 5.02 Å². The average molecular weight is 693 g/mol. The number of carboxylic acids is 1. The lowest BCUT2D eigenvalue weighted by Crippen LogP contribution is -2.55. The largest absolute Gasteiger partial charge is 0.508 e. The van der Waals surface area contributed by atoms with Gasteiger partial charge in [0.1, 0.15) is 11.5 Å². The molecule has 1 saturated carbocycles. The molecule has 2 aliphatic carbocycles. The Balaban J connectivity index is 1.31. The Labute approximate surface area is 292 Å². The molecular weight excluding hydrogens is 660 g/mol. The number of allylic oxidation sites excluding steroid dienone is 3. The molecule has 3 heterocycles. The van der Waals surface area contributed by atoms with Crippen LogP contribution in [0.1, 0.15) is 36.8 Å². The Bertz CT molecular complexity index is 2040. The van der Waals surface area contributed by atoms with Crippen molar-refractivity contribution in [1.82, 2.24) is 4.90 Å². The van der Waals surface area contributed by atoms with Gasteiger partial charge in [0.05, 0.1) is 35.1 Å². The maximum atomic E-state index is 15.3. The van der Waals surface area contributed by atoms with Crippen molar-refractivity contribution in [1.29, 1.82) is 0 Å². The molecule has 4 amide bonds. The second kappa shape index (κ2) is 12.0. The van der Waals surface area contributed by atoms with Crippen LogP contribution in [0.3, 0.4) is 0 Å². The molecule has 50 heavy (non-hydrogen) atoms. The monoisotopic (exact) mass is 692 g/mol. The van der Waals surface area contributed by atoms with Gasteiger partial charge in [0.2, 0.25) is 23.6 Å². The number of aliphatic carboxylic acids is 1. The molecule has 2 N–H and O–H groups in total. The molecular formula is C39H33ClN2O8. The number of hydrogen-bond acceptors (Lipinski definition) is 7. The predicted octanol–water partition coefficient (Wildman–Crippen LogP) is 5.42. The number of rotatable bonds is 7. The Kier molecular flexibility index (Phi) is 7.67. The van der Waals surface area contributed by atoms with Gasteiger partial charge in [-0.15, -0.1) is 0 Å². The molecule has 3 aromatic rings. The molecule has 11 heteroatoms. The molecule has 3 aromatic carbocycles. The third-order valence-corrected chi connectivity index (χ3v) is 11.4. The predicted molar refractivity (Wildman–Crippen MR) is 181 cm³/mol. The summed E-state index contributed by atoms with van der Waals surface area (Å²) in [6.45, 7) is -0.000932. The summed E-state index contributed by atoms with van der Waals surface area (Å²) in [5.74, 6) is -5.58. The number of carboxylic acid groups (broad SMARTS) is 1. The summed E-state index contributed by atoms with van der Waals surface area (Å²) in [7, 11) is 0. The van der Waals surface area contributed by atoms with Crippen LogP contribution in [0, 0.1) is 29.6 Å². The highest BCUT2D eigenvalue weighted by atomic mass is 35.5. The van der Waals surface area contributed by atoms with Crippen LogP contribution in [-0.2, 0) is 35.8 Å². The smallest absolute Gasteiger partial charge is 0.303 e. The first kappa shape index (κ1) is 32.0. The van der Waals surface area contributed by atoms with E-state index in [1.807, 2.05) is 36.4 Å². The number of phenolic OH excluding ortho intramolecular Hbond substituents is 1. The van der Waals surface area contributed by atoms with Gasteiger partial charge < -0.3 is 14.9 Å². The Morgan fingerprint density at radius 2 is 1.74 bits per heavy atom. The average Bonchev–Trinajstić information content (AvgIpc) is 3.48. The number of ether oxygens (including phenoxy) is 1. The first-order valence-electron chi connectivity index (χ1n) is 16.7. The summed E-state index contributed by atoms with van der Waals surface area (Å²) in [5, 5.41) is 19.9. The second-order valence-corrected chi connectivity index (χ2v) is 14.1. The maximum absolute atomic E-state index is 15.3. The van der Waals surface area contributed by atoms with E-state index in [2.05, 4.69) is 0 Å². The summed E-state index contributed by atoms with van der Waals surface area (Å²) >= 11 is 6.38. The van der Waals surface area contributed by atoms with E-state index in [9.17, 15) is 29.4 Å². The lowest BCUT2D eigenvalue weighted by atomic mass is 9.48. The van der Waals surface area contributed by atoms with Gasteiger partial charge in [0.15, 0.2) is 0 Å². The van der Waals surface area contributed by atoms with Gasteiger partial charge in [0, 0.05) is 35.9 Å². The molecule has 2 saturated heterocycles. The van der Waals surface area contributed by atoms with E-state index < -0.39 is 52.8 Å². The zero-order valence-corrected chi connectivity index (χ0v) is 27.6. The Morgan fingerprint density at radius 1 is 0.940 bits per heavy atom. The van der Waals surface area contributed by atoms with Crippen LogP contribution >= 0.6 is 11.6 Å². The highest BCUT2D eigenvalue weighted by molar-refractivity contribution is 6.32. The van der Waals surface area contributed by atoms with E-state index in [0.29, 0.717) is 39.6 Å². The zero-order chi connectivity index (χ0) is 34.9. The Morgan fingerprint density at radius 3 is 2.50 bits per heavy atom. The molecule has 254 valence electrons. The van der Waals surface area contributed by atoms with E-state index in [1.165, 1.54) is 15.9 Å². The van der Waals surface area contributed by atoms with Crippen molar-refractivity contribution in [2.45, 2.75) is 37.5 Å². The number of carbonyl (C=O) groups excluding carboxylic acids is 4. The number of aromatic hydroxyl groups is 1. The van der Waals surface area contributed by atoms with Crippen molar-refractivity contribution in [2.75, 3.05) is 11.4 Å². The van der Waals surface area contributed by atoms with Crippen LogP contribution in [0.15, 0.2) is 96.3 Å². The Hall–Kier alpha value is -5.22. The van der Waals surface area contributed by atoms with Crippen molar-refractivity contribution in [3.63, 3.8) is 0 Å². The summed E-state index contributed by atoms with van der Waals surface area (Å²) < 4.78 is 6.14. The van der Waals surface area contributed by atoms with Gasteiger partial charge in [-0.1, -0.05) is 59.6 Å². The van der Waals surface area contributed by atoms with E-state index in [4.69, 9.17) is 16.3 Å². The number of hydrogen-bond donors (Lipinski definition) is 2. The quantitative estimate of drug-likeness (QED) is 0.247. The zero-order valence-electron chi connectivity index (χ0n) is 26.8. The highest BCUT2D eigenvalue weighted by Gasteiger charge is 2.70. The number of amides is 4. The third-order valence-electron chi connectivity index (χ3n) is 11.2. The summed E-state index contributed by atoms with van der Waals surface area (Å²) in [5.41, 5.74) is 1.76. The molecule has 0 bridgehead atoms. The highest BCUT2D eigenvalue weighted by Crippen LogP contribution is 2.63. The number of halogens is 1. The number of phenols is 1. The van der Waals surface area contributed by atoms with E-state index >= 15 is 4.79 Å². The van der Waals surface area contributed by atoms with Gasteiger partial charge in [-0.2, -0.15) is 0 Å². The fraction of sp³-hybridized carbons (Fsp3) is 0.308. The standard InChI is InChI=1S/C39H33ClN2O8/c40-24-8-4-9-25(18-24)42-36(47)30-19-29-27(12-13-28-33(29)37(48)41(35(28)46)15-5-10-32(44)45)34(39(30,38(42)49)23-6-2-1-3-7-23)22-16-21-17-26(43)11-14-31(21)50-20-22/h1-4,6-9,11-12,14,17-18,20,28-30,33-34,43H,5,10,13,15-16,19H2,(H,44,45)/t28-,29+,30-,33-,34-,39+/m0/s1. The van der Waals surface area contributed by atoms with E-state index in [0.717, 1.165) is 5.57 Å². The van der Waals surface area contributed by atoms with Gasteiger partial charge in [-0.25, -0.2) is 4.90 Å². The number of carbonyl (C=O) groups is 5. The first-order chi connectivity index (χ1) is 24.1. The van der Waals surface area contributed by atoms with Crippen molar-refractivity contribution in [2.24, 2.45) is 29.6 Å². The molecule has 3 fully saturated rings. The minimum Gasteiger partial charge on any atom is -0.508 e. The molecule has 0 radical (unpaired) electrons. The fourth-order valence-corrected chi connectivity index (χ4v) is 9.42. The number of nitrogens with zero attached hydrogens (tertiary/aromatic N) is 2. The normalized spacial score (nSPS) is 28.3. The van der Waals surface area contributed by atoms with E-state index in [-0.39, 0.29) is 49.8 Å². The number of imide groups is 2. The molecule has 6 atom stereocenters. The van der Waals surface area contributed by atoms with Crippen LogP contribution < -0.4 is 9.64 Å². The van der Waals surface area contributed by atoms with E-state index in [1.54, 1.807) is 42.7 Å². The van der Waals surface area contributed by atoms with Crippen LogP contribution in [-0.4, -0.2) is 51.3 Å². The van der Waals surface area contributed by atoms with Gasteiger partial charge in [0.25, 0.3) is 0 Å². The SMILES string of the molecule is O=C(O)CCCN1C(=O)[C@H]2[C@H](CC=C3[C@H](C4=COc5ccc(O)cc5C4)[C@]4(c5ccccc5)C(=O)N(c5cccc(Cl)c5)C(=O)[C@@H]4C[C@H]32)C1=O. The minimum absolute atomic E-state index is 0.000932. The number of anilines is 1. The number of benzene rings is 3. The van der Waals surface area contributed by atoms with Gasteiger partial charge in [-0.3, -0.25) is 28.9 Å². The van der Waals surface area contributed by atoms with Crippen molar-refractivity contribution >= 4 is 46.9 Å². The fourth-order valence-electron chi connectivity index (χ4n) is 9.23. The maximum Gasteiger partial charge on any atom is 0.303 e. The van der Waals surface area contributed by atoms with Crippen molar-refractivity contribution in [3.8, 4) is 11.5 Å². The molecule has 5 aliphatic rings. The lowest BCUT2D eigenvalue weighted by molar-refractivity contribution is -0.142. The first-order valence-corrected chi connectivity index (χ1v) is 17.1. The molecule has 3 aliphatic heterocycles. The third kappa shape index (κ3) is 4.72. The number of fused-ring (bicyclic) bond motifs is 5. The number of likely N-dealkylation sites (tertiary alicyclic amines) is 1. The van der Waals surface area contributed by atoms with Crippen molar-refractivity contribution < 1.29 is 38.9 Å². The lowest BCUT2D eigenvalue weighted by Gasteiger charge is -2.51. The molecule has 0 spiro atoms. The molecule has 10 nitrogen and oxygen atoms in total. The molecule has 0 unspecified atom stereocenters. The molecule has 8 rings (SSSR count). The minimum atomic E-state index is -1.44. The summed E-state index contributed by atoms with van der Waals surface area (Å²) in [4.78, 5) is 71.6. The topological polar surface area (TPSA) is 142 Å².